The number of carbonyl (C=O) groups is 7. The molecule has 2 aliphatic carbocycles. The third-order valence-corrected chi connectivity index (χ3v) is 7.44. The summed E-state index contributed by atoms with van der Waals surface area (Å²) in [7, 11) is 0. The smallest absolute Gasteiger partial charge is 0.303 e. The molecule has 232 valence electrons. The van der Waals surface area contributed by atoms with E-state index in [-0.39, 0.29) is 12.0 Å². The van der Waals surface area contributed by atoms with Gasteiger partial charge in [-0.3, -0.25) is 33.6 Å². The van der Waals surface area contributed by atoms with Gasteiger partial charge in [-0.1, -0.05) is 32.6 Å². The van der Waals surface area contributed by atoms with E-state index < -0.39 is 94.6 Å². The third kappa shape index (κ3) is 7.32. The van der Waals surface area contributed by atoms with Crippen molar-refractivity contribution in [1.82, 2.24) is 0 Å². The van der Waals surface area contributed by atoms with E-state index in [1.807, 2.05) is 0 Å². The van der Waals surface area contributed by atoms with Crippen LogP contribution < -0.4 is 0 Å². The van der Waals surface area contributed by atoms with Crippen LogP contribution >= 0.6 is 0 Å². The van der Waals surface area contributed by atoms with Crippen LogP contribution in [0.2, 0.25) is 0 Å². The van der Waals surface area contributed by atoms with E-state index in [1.165, 1.54) is 32.9 Å². The van der Waals surface area contributed by atoms with Crippen LogP contribution in [0.5, 0.6) is 0 Å². The minimum absolute atomic E-state index is 0.120. The summed E-state index contributed by atoms with van der Waals surface area (Å²) in [6.07, 6.45) is -3.48. The van der Waals surface area contributed by atoms with Gasteiger partial charge in [0, 0.05) is 57.9 Å². The molecule has 0 unspecified atom stereocenters. The highest BCUT2D eigenvalue weighted by Crippen LogP contribution is 2.51. The lowest BCUT2D eigenvalue weighted by Crippen LogP contribution is -2.58. The van der Waals surface area contributed by atoms with Gasteiger partial charge in [0.2, 0.25) is 6.10 Å². The van der Waals surface area contributed by atoms with E-state index >= 15 is 0 Å². The number of allylic oxidation sites excluding steroid dienone is 2. The monoisotopic (exact) mass is 592 g/mol. The molecule has 0 aromatic rings. The van der Waals surface area contributed by atoms with Gasteiger partial charge in [0.05, 0.1) is 5.92 Å². The first-order chi connectivity index (χ1) is 19.2. The van der Waals surface area contributed by atoms with Crippen molar-refractivity contribution in [3.05, 3.63) is 24.3 Å². The van der Waals surface area contributed by atoms with E-state index in [4.69, 9.17) is 23.7 Å². The SMILES string of the molecule is C=C1[C@@H](OC(C)=O)[C@@H]2[C@H](OC(C)=O)[C@@H](C)C[C@]2(OC(C)=O)C(=O)[C@@H](C)/C=C/C(C)(C)C(=O)[C@@H](OC(C)=O)[C@H]1OC(C)=O. The minimum Gasteiger partial charge on any atom is -0.462 e. The maximum Gasteiger partial charge on any atom is 0.303 e. The van der Waals surface area contributed by atoms with Crippen molar-refractivity contribution in [3.63, 3.8) is 0 Å². The summed E-state index contributed by atoms with van der Waals surface area (Å²) in [6, 6.07) is 0. The van der Waals surface area contributed by atoms with Crippen molar-refractivity contribution < 1.29 is 57.2 Å². The Kier molecular flexibility index (Phi) is 10.6. The molecule has 0 N–H and O–H groups in total. The summed E-state index contributed by atoms with van der Waals surface area (Å²) in [5.41, 5.74) is -3.64. The zero-order valence-electron chi connectivity index (χ0n) is 25.5. The lowest BCUT2D eigenvalue weighted by atomic mass is 9.72. The zero-order chi connectivity index (χ0) is 32.3. The van der Waals surface area contributed by atoms with Gasteiger partial charge in [0.1, 0.15) is 12.2 Å². The molecule has 2 rings (SSSR count). The van der Waals surface area contributed by atoms with E-state index in [2.05, 4.69) is 6.58 Å². The molecule has 0 amide bonds. The van der Waals surface area contributed by atoms with Gasteiger partial charge in [0.25, 0.3) is 0 Å². The van der Waals surface area contributed by atoms with Crippen LogP contribution in [-0.2, 0) is 57.2 Å². The van der Waals surface area contributed by atoms with E-state index in [0.717, 1.165) is 34.6 Å². The summed E-state index contributed by atoms with van der Waals surface area (Å²) >= 11 is 0. The molecule has 8 atom stereocenters. The van der Waals surface area contributed by atoms with Crippen LogP contribution in [0, 0.1) is 23.2 Å². The van der Waals surface area contributed by atoms with Crippen LogP contribution in [0.3, 0.4) is 0 Å². The molecule has 0 aliphatic heterocycles. The topological polar surface area (TPSA) is 166 Å². The highest BCUT2D eigenvalue weighted by molar-refractivity contribution is 5.95. The van der Waals surface area contributed by atoms with Crippen molar-refractivity contribution in [1.29, 1.82) is 0 Å². The summed E-state index contributed by atoms with van der Waals surface area (Å²) in [6.45, 7) is 15.7. The lowest BCUT2D eigenvalue weighted by molar-refractivity contribution is -0.187. The lowest BCUT2D eigenvalue weighted by Gasteiger charge is -2.42. The summed E-state index contributed by atoms with van der Waals surface area (Å²) in [4.78, 5) is 90.0. The maximum absolute atomic E-state index is 14.3. The molecule has 0 bridgehead atoms. The van der Waals surface area contributed by atoms with Gasteiger partial charge in [-0.25, -0.2) is 0 Å². The molecule has 0 aromatic heterocycles. The van der Waals surface area contributed by atoms with Gasteiger partial charge in [0.15, 0.2) is 23.3 Å². The number of carbonyl (C=O) groups excluding carboxylic acids is 7. The highest BCUT2D eigenvalue weighted by Gasteiger charge is 2.65. The fourth-order valence-corrected chi connectivity index (χ4v) is 5.80. The van der Waals surface area contributed by atoms with Crippen LogP contribution in [0.1, 0.15) is 68.7 Å². The Morgan fingerprint density at radius 3 is 1.69 bits per heavy atom. The van der Waals surface area contributed by atoms with Gasteiger partial charge in [-0.15, -0.1) is 0 Å². The molecule has 0 radical (unpaired) electrons. The number of fused-ring (bicyclic) bond motifs is 1. The molecule has 0 aromatic carbocycles. The predicted molar refractivity (Wildman–Crippen MR) is 145 cm³/mol. The van der Waals surface area contributed by atoms with Gasteiger partial charge in [-0.2, -0.15) is 0 Å². The molecule has 1 saturated carbocycles. The molecular weight excluding hydrogens is 552 g/mol. The number of ether oxygens (including phenoxy) is 5. The van der Waals surface area contributed by atoms with Crippen molar-refractivity contribution in [2.24, 2.45) is 23.2 Å². The van der Waals surface area contributed by atoms with Crippen LogP contribution in [-0.4, -0.2) is 71.4 Å². The second-order valence-electron chi connectivity index (χ2n) is 11.5. The largest absolute Gasteiger partial charge is 0.462 e. The Morgan fingerprint density at radius 2 is 1.21 bits per heavy atom. The van der Waals surface area contributed by atoms with Crippen LogP contribution in [0.15, 0.2) is 24.3 Å². The van der Waals surface area contributed by atoms with Crippen molar-refractivity contribution in [2.75, 3.05) is 0 Å². The fraction of sp³-hybridized carbons (Fsp3) is 0.633. The molecule has 1 fully saturated rings. The highest BCUT2D eigenvalue weighted by atomic mass is 16.6. The maximum atomic E-state index is 14.3. The van der Waals surface area contributed by atoms with E-state index in [1.54, 1.807) is 6.92 Å². The second-order valence-corrected chi connectivity index (χ2v) is 11.5. The Bertz CT molecular complexity index is 1200. The fourth-order valence-electron chi connectivity index (χ4n) is 5.80. The van der Waals surface area contributed by atoms with Gasteiger partial charge >= 0.3 is 29.8 Å². The number of hydrogen-bond donors (Lipinski definition) is 0. The predicted octanol–water partition coefficient (Wildman–Crippen LogP) is 2.60. The first-order valence-electron chi connectivity index (χ1n) is 13.6. The zero-order valence-corrected chi connectivity index (χ0v) is 25.5. The Morgan fingerprint density at radius 1 is 0.738 bits per heavy atom. The molecule has 12 heteroatoms. The Balaban J connectivity index is 3.07. The molecule has 12 nitrogen and oxygen atoms in total. The summed E-state index contributed by atoms with van der Waals surface area (Å²) in [5.74, 6) is -8.45. The summed E-state index contributed by atoms with van der Waals surface area (Å²) < 4.78 is 28.0. The molecule has 42 heavy (non-hydrogen) atoms. The van der Waals surface area contributed by atoms with E-state index in [0.29, 0.717) is 0 Å². The molecular formula is C30H40O12. The number of rotatable bonds is 5. The normalized spacial score (nSPS) is 33.6. The quantitative estimate of drug-likeness (QED) is 0.261. The van der Waals surface area contributed by atoms with Crippen LogP contribution in [0.4, 0.5) is 0 Å². The van der Waals surface area contributed by atoms with Crippen molar-refractivity contribution in [3.8, 4) is 0 Å². The molecule has 0 saturated heterocycles. The first kappa shape index (κ1) is 34.4. The average Bonchev–Trinajstić information content (AvgIpc) is 3.10. The number of hydrogen-bond acceptors (Lipinski definition) is 12. The Hall–Kier alpha value is -3.83. The Labute approximate surface area is 245 Å². The summed E-state index contributed by atoms with van der Waals surface area (Å²) in [5, 5.41) is 0. The minimum atomic E-state index is -2.01. The van der Waals surface area contributed by atoms with E-state index in [9.17, 15) is 33.6 Å². The average molecular weight is 593 g/mol. The third-order valence-electron chi connectivity index (χ3n) is 7.44. The number of Topliss-reactive ketones (excluding diaryl/α,β-unsaturated/α-hetero) is 2. The van der Waals surface area contributed by atoms with Crippen molar-refractivity contribution in [2.45, 2.75) is 98.8 Å². The standard InChI is InChI=1S/C30H40O12/c1-14-11-12-29(9,10)28(37)26(41-20(7)34)25(40-19(6)33)16(3)24(39-18(5)32)22-23(38-17(4)31)15(2)13-30(22,27(14)36)42-21(8)35/h11-12,14-15,22-26H,3,13H2,1-2,4-10H3/b12-11+/t14-,15-,22-,23+,24+,25-,26-,30+/m0/s1. The second kappa shape index (κ2) is 13.0. The molecule has 2 aliphatic rings. The van der Waals surface area contributed by atoms with Gasteiger partial charge in [-0.05, 0) is 19.8 Å². The molecule has 0 spiro atoms. The number of esters is 5. The van der Waals surface area contributed by atoms with Gasteiger partial charge < -0.3 is 23.7 Å². The number of ketones is 2. The van der Waals surface area contributed by atoms with Crippen molar-refractivity contribution >= 4 is 41.4 Å². The first-order valence-corrected chi connectivity index (χ1v) is 13.6. The molecule has 0 heterocycles. The van der Waals surface area contributed by atoms with Crippen LogP contribution in [0.25, 0.3) is 0 Å².